The van der Waals surface area contributed by atoms with Crippen LogP contribution in [0, 0.1) is 0 Å². The molecule has 0 heterocycles. The fourth-order valence-corrected chi connectivity index (χ4v) is 2.49. The third-order valence-electron chi connectivity index (χ3n) is 3.81. The maximum absolute atomic E-state index is 11.9. The molecule has 98 valence electrons. The van der Waals surface area contributed by atoms with E-state index in [1.807, 2.05) is 19.9 Å². The van der Waals surface area contributed by atoms with E-state index in [4.69, 9.17) is 4.74 Å². The number of esters is 1. The van der Waals surface area contributed by atoms with E-state index in [2.05, 4.69) is 6.92 Å². The van der Waals surface area contributed by atoms with E-state index in [1.165, 1.54) is 25.7 Å². The van der Waals surface area contributed by atoms with Crippen molar-refractivity contribution in [3.8, 4) is 0 Å². The van der Waals surface area contributed by atoms with Gasteiger partial charge in [0.2, 0.25) is 0 Å². The van der Waals surface area contributed by atoms with E-state index in [1.54, 1.807) is 0 Å². The average Bonchev–Trinajstić information content (AvgIpc) is 2.36. The summed E-state index contributed by atoms with van der Waals surface area (Å²) in [5, 5.41) is 0. The zero-order chi connectivity index (χ0) is 12.7. The number of rotatable bonds is 5. The summed E-state index contributed by atoms with van der Waals surface area (Å²) in [6.07, 6.45) is 11.0. The van der Waals surface area contributed by atoms with E-state index in [0.717, 1.165) is 31.3 Å². The summed E-state index contributed by atoms with van der Waals surface area (Å²) >= 11 is 0. The summed E-state index contributed by atoms with van der Waals surface area (Å²) in [5.74, 6) is -0.120. The summed E-state index contributed by atoms with van der Waals surface area (Å²) in [6, 6.07) is 0. The maximum Gasteiger partial charge on any atom is 0.333 e. The molecule has 0 bridgehead atoms. The molecule has 1 rings (SSSR count). The molecule has 0 radical (unpaired) electrons. The molecule has 0 aromatic carbocycles. The molecule has 1 fully saturated rings. The lowest BCUT2D eigenvalue weighted by Gasteiger charge is -2.37. The minimum atomic E-state index is -0.157. The molecule has 0 N–H and O–H groups in total. The first-order valence-corrected chi connectivity index (χ1v) is 7.00. The Morgan fingerprint density at radius 2 is 1.94 bits per heavy atom. The Labute approximate surface area is 105 Å². The highest BCUT2D eigenvalue weighted by molar-refractivity contribution is 5.87. The van der Waals surface area contributed by atoms with E-state index < -0.39 is 0 Å². The molecular weight excluding hydrogens is 212 g/mol. The lowest BCUT2D eigenvalue weighted by molar-refractivity contribution is -0.159. The Morgan fingerprint density at radius 3 is 2.47 bits per heavy atom. The molecule has 0 atom stereocenters. The highest BCUT2D eigenvalue weighted by Gasteiger charge is 2.35. The van der Waals surface area contributed by atoms with Gasteiger partial charge in [-0.1, -0.05) is 25.8 Å². The van der Waals surface area contributed by atoms with Gasteiger partial charge in [0.05, 0.1) is 0 Å². The van der Waals surface area contributed by atoms with Gasteiger partial charge in [0.25, 0.3) is 0 Å². The standard InChI is InChI=1S/C15H26O2/c1-4-6-10-15(11-8-7-9-12-15)17-14(16)13(3)5-2/h5H,4,6-12H2,1-3H3. The highest BCUT2D eigenvalue weighted by atomic mass is 16.6. The molecule has 1 aliphatic rings. The molecule has 0 saturated heterocycles. The lowest BCUT2D eigenvalue weighted by atomic mass is 9.81. The molecule has 0 aromatic rings. The summed E-state index contributed by atoms with van der Waals surface area (Å²) in [7, 11) is 0. The Balaban J connectivity index is 2.65. The Kier molecular flexibility index (Phi) is 5.73. The topological polar surface area (TPSA) is 26.3 Å². The minimum absolute atomic E-state index is 0.120. The number of hydrogen-bond acceptors (Lipinski definition) is 2. The third kappa shape index (κ3) is 4.18. The second-order valence-electron chi connectivity index (χ2n) is 5.21. The van der Waals surface area contributed by atoms with Crippen LogP contribution in [0.25, 0.3) is 0 Å². The molecule has 0 spiro atoms. The van der Waals surface area contributed by atoms with Crippen molar-refractivity contribution in [2.75, 3.05) is 0 Å². The molecule has 0 amide bonds. The predicted molar refractivity (Wildman–Crippen MR) is 70.9 cm³/mol. The zero-order valence-electron chi connectivity index (χ0n) is 11.6. The number of ether oxygens (including phenoxy) is 1. The first kappa shape index (κ1) is 14.3. The number of carbonyl (C=O) groups excluding carboxylic acids is 1. The first-order chi connectivity index (χ1) is 8.13. The van der Waals surface area contributed by atoms with Crippen molar-refractivity contribution in [3.63, 3.8) is 0 Å². The number of hydrogen-bond donors (Lipinski definition) is 0. The highest BCUT2D eigenvalue weighted by Crippen LogP contribution is 2.36. The Bertz CT molecular complexity index is 273. The van der Waals surface area contributed by atoms with Gasteiger partial charge in [-0.3, -0.25) is 0 Å². The van der Waals surface area contributed by atoms with Crippen LogP contribution in [0.15, 0.2) is 11.6 Å². The van der Waals surface area contributed by atoms with Gasteiger partial charge in [-0.05, 0) is 52.4 Å². The number of unbranched alkanes of at least 4 members (excludes halogenated alkanes) is 1. The fraction of sp³-hybridized carbons (Fsp3) is 0.800. The lowest BCUT2D eigenvalue weighted by Crippen LogP contribution is -2.37. The zero-order valence-corrected chi connectivity index (χ0v) is 11.6. The van der Waals surface area contributed by atoms with E-state index in [9.17, 15) is 4.79 Å². The van der Waals surface area contributed by atoms with E-state index >= 15 is 0 Å². The van der Waals surface area contributed by atoms with Crippen LogP contribution < -0.4 is 0 Å². The Morgan fingerprint density at radius 1 is 1.29 bits per heavy atom. The van der Waals surface area contributed by atoms with Gasteiger partial charge in [0, 0.05) is 5.57 Å². The van der Waals surface area contributed by atoms with Crippen molar-refractivity contribution in [2.45, 2.75) is 77.7 Å². The third-order valence-corrected chi connectivity index (χ3v) is 3.81. The van der Waals surface area contributed by atoms with E-state index in [-0.39, 0.29) is 11.6 Å². The van der Waals surface area contributed by atoms with Crippen LogP contribution in [0.5, 0.6) is 0 Å². The van der Waals surface area contributed by atoms with Gasteiger partial charge < -0.3 is 4.74 Å². The van der Waals surface area contributed by atoms with Crippen molar-refractivity contribution in [1.82, 2.24) is 0 Å². The summed E-state index contributed by atoms with van der Waals surface area (Å²) in [4.78, 5) is 11.9. The summed E-state index contributed by atoms with van der Waals surface area (Å²) in [5.41, 5.74) is 0.571. The molecule has 0 unspecified atom stereocenters. The quantitative estimate of drug-likeness (QED) is 0.524. The molecule has 2 heteroatoms. The normalized spacial score (nSPS) is 20.1. The summed E-state index contributed by atoms with van der Waals surface area (Å²) in [6.45, 7) is 5.91. The number of carbonyl (C=O) groups is 1. The average molecular weight is 238 g/mol. The first-order valence-electron chi connectivity index (χ1n) is 7.00. The van der Waals surface area contributed by atoms with Crippen molar-refractivity contribution < 1.29 is 9.53 Å². The van der Waals surface area contributed by atoms with Crippen LogP contribution in [-0.4, -0.2) is 11.6 Å². The van der Waals surface area contributed by atoms with Gasteiger partial charge in [-0.25, -0.2) is 4.79 Å². The molecule has 17 heavy (non-hydrogen) atoms. The van der Waals surface area contributed by atoms with Crippen LogP contribution in [0.3, 0.4) is 0 Å². The fourth-order valence-electron chi connectivity index (χ4n) is 2.49. The maximum atomic E-state index is 11.9. The predicted octanol–water partition coefficient (Wildman–Crippen LogP) is 4.39. The van der Waals surface area contributed by atoms with Crippen molar-refractivity contribution in [3.05, 3.63) is 11.6 Å². The molecule has 0 aromatic heterocycles. The molecule has 2 nitrogen and oxygen atoms in total. The van der Waals surface area contributed by atoms with Crippen LogP contribution in [0.4, 0.5) is 0 Å². The van der Waals surface area contributed by atoms with Gasteiger partial charge in [0.1, 0.15) is 5.60 Å². The Hall–Kier alpha value is -0.790. The monoisotopic (exact) mass is 238 g/mol. The summed E-state index contributed by atoms with van der Waals surface area (Å²) < 4.78 is 5.83. The smallest absolute Gasteiger partial charge is 0.333 e. The molecule has 0 aliphatic heterocycles. The van der Waals surface area contributed by atoms with Gasteiger partial charge in [-0.2, -0.15) is 0 Å². The van der Waals surface area contributed by atoms with Crippen LogP contribution in [-0.2, 0) is 9.53 Å². The van der Waals surface area contributed by atoms with Crippen molar-refractivity contribution >= 4 is 5.97 Å². The van der Waals surface area contributed by atoms with E-state index in [0.29, 0.717) is 0 Å². The van der Waals surface area contributed by atoms with Gasteiger partial charge in [0.15, 0.2) is 0 Å². The minimum Gasteiger partial charge on any atom is -0.456 e. The van der Waals surface area contributed by atoms with Crippen LogP contribution >= 0.6 is 0 Å². The second kappa shape index (κ2) is 6.83. The molecule has 1 saturated carbocycles. The molecular formula is C15H26O2. The van der Waals surface area contributed by atoms with Crippen LogP contribution in [0.1, 0.15) is 72.1 Å². The van der Waals surface area contributed by atoms with Gasteiger partial charge in [-0.15, -0.1) is 0 Å². The molecule has 1 aliphatic carbocycles. The van der Waals surface area contributed by atoms with Gasteiger partial charge >= 0.3 is 5.97 Å². The SMILES string of the molecule is CC=C(C)C(=O)OC1(CCCC)CCCCC1. The van der Waals surface area contributed by atoms with Crippen LogP contribution in [0.2, 0.25) is 0 Å². The van der Waals surface area contributed by atoms with Crippen molar-refractivity contribution in [1.29, 1.82) is 0 Å². The second-order valence-corrected chi connectivity index (χ2v) is 5.21. The number of allylic oxidation sites excluding steroid dienone is 1. The largest absolute Gasteiger partial charge is 0.456 e. The van der Waals surface area contributed by atoms with Crippen molar-refractivity contribution in [2.24, 2.45) is 0 Å².